The number of carbonyl (C=O) groups excluding carboxylic acids is 1. The molecule has 0 radical (unpaired) electrons. The fourth-order valence-electron chi connectivity index (χ4n) is 2.16. The van der Waals surface area contributed by atoms with Gasteiger partial charge in [0.2, 0.25) is 0 Å². The standard InChI is InChI=1S/C18H22N2O3/c1-3-10-23-17-9-8-13(11-15(17)19)18(21)20-12-14-6-4-5-7-16(14)22-2/h4-9,11H,3,10,12,19H2,1-2H3,(H,20,21). The van der Waals surface area contributed by atoms with Crippen LogP contribution in [0.2, 0.25) is 0 Å². The number of methoxy groups -OCH3 is 1. The molecule has 0 bridgehead atoms. The number of hydrogen-bond acceptors (Lipinski definition) is 4. The summed E-state index contributed by atoms with van der Waals surface area (Å²) in [5, 5.41) is 2.86. The summed E-state index contributed by atoms with van der Waals surface area (Å²) in [7, 11) is 1.61. The van der Waals surface area contributed by atoms with Crippen LogP contribution in [0.3, 0.4) is 0 Å². The predicted octanol–water partition coefficient (Wildman–Crippen LogP) is 3.00. The van der Waals surface area contributed by atoms with Gasteiger partial charge in [0, 0.05) is 17.7 Å². The molecule has 3 N–H and O–H groups in total. The molecule has 0 saturated heterocycles. The van der Waals surface area contributed by atoms with Crippen molar-refractivity contribution in [1.82, 2.24) is 5.32 Å². The molecule has 5 nitrogen and oxygen atoms in total. The lowest BCUT2D eigenvalue weighted by atomic mass is 10.1. The minimum absolute atomic E-state index is 0.190. The van der Waals surface area contributed by atoms with Gasteiger partial charge < -0.3 is 20.5 Å². The molecule has 0 fully saturated rings. The zero-order chi connectivity index (χ0) is 16.7. The van der Waals surface area contributed by atoms with Crippen LogP contribution in [0.15, 0.2) is 42.5 Å². The number of para-hydroxylation sites is 1. The van der Waals surface area contributed by atoms with Crippen LogP contribution in [-0.4, -0.2) is 19.6 Å². The molecule has 0 aliphatic rings. The molecule has 0 aliphatic heterocycles. The summed E-state index contributed by atoms with van der Waals surface area (Å²) in [5.74, 6) is 1.16. The molecule has 2 aromatic rings. The summed E-state index contributed by atoms with van der Waals surface area (Å²) in [4.78, 5) is 12.2. The van der Waals surface area contributed by atoms with Crippen molar-refractivity contribution in [3.05, 3.63) is 53.6 Å². The van der Waals surface area contributed by atoms with E-state index >= 15 is 0 Å². The van der Waals surface area contributed by atoms with Gasteiger partial charge in [-0.3, -0.25) is 4.79 Å². The van der Waals surface area contributed by atoms with Crippen molar-refractivity contribution in [2.75, 3.05) is 19.5 Å². The maximum absolute atomic E-state index is 12.2. The molecule has 2 aromatic carbocycles. The third kappa shape index (κ3) is 4.39. The fraction of sp³-hybridized carbons (Fsp3) is 0.278. The molecule has 23 heavy (non-hydrogen) atoms. The number of anilines is 1. The van der Waals surface area contributed by atoms with Crippen molar-refractivity contribution in [3.63, 3.8) is 0 Å². The number of nitrogen functional groups attached to an aromatic ring is 1. The Morgan fingerprint density at radius 1 is 1.17 bits per heavy atom. The first-order valence-corrected chi connectivity index (χ1v) is 7.58. The second kappa shape index (κ2) is 8.08. The van der Waals surface area contributed by atoms with E-state index in [9.17, 15) is 4.79 Å². The van der Waals surface area contributed by atoms with Crippen LogP contribution >= 0.6 is 0 Å². The van der Waals surface area contributed by atoms with E-state index in [-0.39, 0.29) is 5.91 Å². The topological polar surface area (TPSA) is 73.6 Å². The molecule has 1 amide bonds. The summed E-state index contributed by atoms with van der Waals surface area (Å²) < 4.78 is 10.8. The molecule has 2 rings (SSSR count). The lowest BCUT2D eigenvalue weighted by molar-refractivity contribution is 0.0950. The molecule has 0 atom stereocenters. The summed E-state index contributed by atoms with van der Waals surface area (Å²) in [6.07, 6.45) is 0.903. The van der Waals surface area contributed by atoms with Crippen molar-refractivity contribution in [3.8, 4) is 11.5 Å². The van der Waals surface area contributed by atoms with Crippen molar-refractivity contribution in [2.45, 2.75) is 19.9 Å². The van der Waals surface area contributed by atoms with E-state index in [1.807, 2.05) is 31.2 Å². The van der Waals surface area contributed by atoms with Gasteiger partial charge in [-0.15, -0.1) is 0 Å². The highest BCUT2D eigenvalue weighted by atomic mass is 16.5. The van der Waals surface area contributed by atoms with Crippen LogP contribution in [-0.2, 0) is 6.54 Å². The summed E-state index contributed by atoms with van der Waals surface area (Å²) in [5.41, 5.74) is 7.81. The number of nitrogens with one attached hydrogen (secondary N) is 1. The van der Waals surface area contributed by atoms with E-state index in [1.54, 1.807) is 25.3 Å². The zero-order valence-corrected chi connectivity index (χ0v) is 13.5. The van der Waals surface area contributed by atoms with E-state index in [4.69, 9.17) is 15.2 Å². The number of benzene rings is 2. The van der Waals surface area contributed by atoms with Crippen LogP contribution in [0.25, 0.3) is 0 Å². The Morgan fingerprint density at radius 2 is 1.96 bits per heavy atom. The van der Waals surface area contributed by atoms with E-state index in [0.29, 0.717) is 30.2 Å². The van der Waals surface area contributed by atoms with Gasteiger partial charge in [-0.05, 0) is 30.7 Å². The quantitative estimate of drug-likeness (QED) is 0.771. The van der Waals surface area contributed by atoms with Gasteiger partial charge in [0.1, 0.15) is 11.5 Å². The second-order valence-corrected chi connectivity index (χ2v) is 5.10. The minimum atomic E-state index is -0.190. The van der Waals surface area contributed by atoms with Crippen LogP contribution < -0.4 is 20.5 Å². The first-order valence-electron chi connectivity index (χ1n) is 7.58. The summed E-state index contributed by atoms with van der Waals surface area (Å²) >= 11 is 0. The average Bonchev–Trinajstić information content (AvgIpc) is 2.58. The summed E-state index contributed by atoms with van der Waals surface area (Å²) in [6.45, 7) is 3.01. The molecular formula is C18H22N2O3. The number of hydrogen-bond donors (Lipinski definition) is 2. The van der Waals surface area contributed by atoms with Gasteiger partial charge in [0.15, 0.2) is 0 Å². The molecule has 0 aliphatic carbocycles. The second-order valence-electron chi connectivity index (χ2n) is 5.10. The Kier molecular flexibility index (Phi) is 5.86. The van der Waals surface area contributed by atoms with Crippen LogP contribution in [0, 0.1) is 0 Å². The zero-order valence-electron chi connectivity index (χ0n) is 13.5. The number of amides is 1. The van der Waals surface area contributed by atoms with Gasteiger partial charge in [-0.25, -0.2) is 0 Å². The van der Waals surface area contributed by atoms with Crippen molar-refractivity contribution >= 4 is 11.6 Å². The van der Waals surface area contributed by atoms with E-state index in [0.717, 1.165) is 17.7 Å². The molecule has 122 valence electrons. The molecule has 0 aromatic heterocycles. The highest BCUT2D eigenvalue weighted by Gasteiger charge is 2.10. The monoisotopic (exact) mass is 314 g/mol. The lowest BCUT2D eigenvalue weighted by Gasteiger charge is -2.11. The van der Waals surface area contributed by atoms with Gasteiger partial charge in [0.25, 0.3) is 5.91 Å². The van der Waals surface area contributed by atoms with Crippen LogP contribution in [0.4, 0.5) is 5.69 Å². The van der Waals surface area contributed by atoms with Crippen molar-refractivity contribution in [1.29, 1.82) is 0 Å². The molecule has 0 saturated carbocycles. The van der Waals surface area contributed by atoms with Crippen molar-refractivity contribution < 1.29 is 14.3 Å². The van der Waals surface area contributed by atoms with Crippen LogP contribution in [0.5, 0.6) is 11.5 Å². The molecule has 0 unspecified atom stereocenters. The normalized spacial score (nSPS) is 10.2. The third-order valence-corrected chi connectivity index (χ3v) is 3.37. The summed E-state index contributed by atoms with van der Waals surface area (Å²) in [6, 6.07) is 12.6. The Bertz CT molecular complexity index is 671. The fourth-order valence-corrected chi connectivity index (χ4v) is 2.16. The number of rotatable bonds is 7. The largest absolute Gasteiger partial charge is 0.496 e. The highest BCUT2D eigenvalue weighted by Crippen LogP contribution is 2.23. The van der Waals surface area contributed by atoms with E-state index in [1.165, 1.54) is 0 Å². The first kappa shape index (κ1) is 16.7. The third-order valence-electron chi connectivity index (χ3n) is 3.37. The Labute approximate surface area is 136 Å². The minimum Gasteiger partial charge on any atom is -0.496 e. The van der Waals surface area contributed by atoms with Gasteiger partial charge in [-0.2, -0.15) is 0 Å². The van der Waals surface area contributed by atoms with Gasteiger partial charge in [-0.1, -0.05) is 25.1 Å². The van der Waals surface area contributed by atoms with E-state index < -0.39 is 0 Å². The number of ether oxygens (including phenoxy) is 2. The number of nitrogens with two attached hydrogens (primary N) is 1. The Balaban J connectivity index is 2.02. The maximum Gasteiger partial charge on any atom is 0.251 e. The molecule has 0 spiro atoms. The van der Waals surface area contributed by atoms with Gasteiger partial charge in [0.05, 0.1) is 19.4 Å². The molecule has 5 heteroatoms. The lowest BCUT2D eigenvalue weighted by Crippen LogP contribution is -2.23. The average molecular weight is 314 g/mol. The maximum atomic E-state index is 12.2. The SMILES string of the molecule is CCCOc1ccc(C(=O)NCc2ccccc2OC)cc1N. The number of carbonyl (C=O) groups is 1. The highest BCUT2D eigenvalue weighted by molar-refractivity contribution is 5.95. The van der Waals surface area contributed by atoms with Crippen LogP contribution in [0.1, 0.15) is 29.3 Å². The smallest absolute Gasteiger partial charge is 0.251 e. The first-order chi connectivity index (χ1) is 11.2. The molecule has 0 heterocycles. The predicted molar refractivity (Wildman–Crippen MR) is 90.8 cm³/mol. The van der Waals surface area contributed by atoms with Gasteiger partial charge >= 0.3 is 0 Å². The van der Waals surface area contributed by atoms with Crippen molar-refractivity contribution in [2.24, 2.45) is 0 Å². The molecular weight excluding hydrogens is 292 g/mol. The Hall–Kier alpha value is -2.69. The van der Waals surface area contributed by atoms with E-state index in [2.05, 4.69) is 5.32 Å². The Morgan fingerprint density at radius 3 is 2.65 bits per heavy atom.